The monoisotopic (exact) mass is 353 g/mol. The number of carbonyl (C=O) groups is 1. The van der Waals surface area contributed by atoms with Crippen molar-refractivity contribution in [2.45, 2.75) is 50.6 Å². The molecule has 130 valence electrons. The van der Waals surface area contributed by atoms with E-state index < -0.39 is 0 Å². The number of nitrogens with one attached hydrogen (secondary N) is 1. The molecule has 5 heteroatoms. The lowest BCUT2D eigenvalue weighted by atomic mass is 9.86. The third kappa shape index (κ3) is 4.13. The number of carbonyl (C=O) groups excluding carboxylic acids is 1. The summed E-state index contributed by atoms with van der Waals surface area (Å²) in [5.74, 6) is 0.862. The van der Waals surface area contributed by atoms with Crippen molar-refractivity contribution in [3.05, 3.63) is 35.4 Å². The first-order valence-corrected chi connectivity index (χ1v) is 9.79. The van der Waals surface area contributed by atoms with Crippen LogP contribution in [0.1, 0.15) is 43.7 Å². The van der Waals surface area contributed by atoms with E-state index in [0.29, 0.717) is 22.3 Å². The van der Waals surface area contributed by atoms with Crippen LogP contribution in [0, 0.1) is 24.2 Å². The second kappa shape index (κ2) is 7.88. The second-order valence-electron chi connectivity index (χ2n) is 6.82. The molecule has 3 rings (SSSR count). The molecule has 0 saturated heterocycles. The van der Waals surface area contributed by atoms with Crippen LogP contribution in [0.15, 0.2) is 29.3 Å². The third-order valence-electron chi connectivity index (χ3n) is 4.93. The van der Waals surface area contributed by atoms with Crippen LogP contribution in [-0.4, -0.2) is 22.7 Å². The van der Waals surface area contributed by atoms with Crippen molar-refractivity contribution in [1.29, 1.82) is 5.26 Å². The lowest BCUT2D eigenvalue weighted by Gasteiger charge is -2.29. The number of nitrogens with zero attached hydrogens (tertiary/aromatic N) is 2. The van der Waals surface area contributed by atoms with Crippen molar-refractivity contribution in [3.8, 4) is 6.07 Å². The molecular weight excluding hydrogens is 330 g/mol. The van der Waals surface area contributed by atoms with Crippen LogP contribution in [0.4, 0.5) is 0 Å². The quantitative estimate of drug-likeness (QED) is 0.837. The minimum atomic E-state index is 0.0271. The fourth-order valence-electron chi connectivity index (χ4n) is 3.43. The maximum Gasteiger partial charge on any atom is 0.230 e. The average molecular weight is 353 g/mol. The smallest absolute Gasteiger partial charge is 0.230 e. The number of thioether (sulfide) groups is 1. The molecule has 1 aliphatic rings. The first kappa shape index (κ1) is 17.8. The van der Waals surface area contributed by atoms with Gasteiger partial charge in [0.2, 0.25) is 5.91 Å². The van der Waals surface area contributed by atoms with Crippen molar-refractivity contribution in [3.63, 3.8) is 0 Å². The van der Waals surface area contributed by atoms with Crippen molar-refractivity contribution in [2.24, 2.45) is 5.92 Å². The van der Waals surface area contributed by atoms with Crippen molar-refractivity contribution >= 4 is 28.6 Å². The molecule has 1 saturated carbocycles. The molecule has 1 aromatic heterocycles. The highest BCUT2D eigenvalue weighted by Crippen LogP contribution is 2.27. The number of nitriles is 1. The van der Waals surface area contributed by atoms with E-state index in [0.717, 1.165) is 22.9 Å². The average Bonchev–Trinajstić information content (AvgIpc) is 2.61. The molecular formula is C20H23N3OS. The number of hydrogen-bond acceptors (Lipinski definition) is 4. The van der Waals surface area contributed by atoms with E-state index in [1.54, 1.807) is 0 Å². The summed E-state index contributed by atoms with van der Waals surface area (Å²) in [5.41, 5.74) is 2.50. The lowest BCUT2D eigenvalue weighted by molar-refractivity contribution is -0.119. The Morgan fingerprint density at radius 1 is 1.40 bits per heavy atom. The van der Waals surface area contributed by atoms with Crippen LogP contribution >= 0.6 is 11.8 Å². The van der Waals surface area contributed by atoms with Crippen LogP contribution in [0.2, 0.25) is 0 Å². The van der Waals surface area contributed by atoms with Gasteiger partial charge >= 0.3 is 0 Å². The molecule has 1 N–H and O–H groups in total. The minimum Gasteiger partial charge on any atom is -0.352 e. The predicted octanol–water partition coefficient (Wildman–Crippen LogP) is 4.20. The van der Waals surface area contributed by atoms with Gasteiger partial charge in [-0.25, -0.2) is 4.98 Å². The molecule has 2 unspecified atom stereocenters. The molecule has 4 nitrogen and oxygen atoms in total. The predicted molar refractivity (Wildman–Crippen MR) is 101 cm³/mol. The summed E-state index contributed by atoms with van der Waals surface area (Å²) in [6, 6.07) is 10.3. The zero-order chi connectivity index (χ0) is 17.8. The fraction of sp³-hybridized carbons (Fsp3) is 0.450. The molecule has 1 aliphatic carbocycles. The number of fused-ring (bicyclic) bond motifs is 1. The van der Waals surface area contributed by atoms with Crippen LogP contribution in [0.3, 0.4) is 0 Å². The number of aryl methyl sites for hydroxylation is 1. The summed E-state index contributed by atoms with van der Waals surface area (Å²) in [6.45, 7) is 4.21. The Labute approximate surface area is 153 Å². The largest absolute Gasteiger partial charge is 0.352 e. The number of para-hydroxylation sites is 1. The molecule has 0 bridgehead atoms. The first-order valence-electron chi connectivity index (χ1n) is 8.81. The SMILES string of the molecule is Cc1cccc2cc(C#N)c(SCC(=O)NC3CCCCC3C)nc12. The molecule has 1 amide bonds. The Hall–Kier alpha value is -2.06. The minimum absolute atomic E-state index is 0.0271. The van der Waals surface area contributed by atoms with Crippen molar-refractivity contribution in [1.82, 2.24) is 10.3 Å². The van der Waals surface area contributed by atoms with Crippen LogP contribution in [0.5, 0.6) is 0 Å². The maximum absolute atomic E-state index is 12.3. The van der Waals surface area contributed by atoms with E-state index in [1.165, 1.54) is 31.0 Å². The Bertz CT molecular complexity index is 828. The standard InChI is InChI=1S/C20H23N3OS/c1-13-6-3-4-9-17(13)22-18(24)12-25-20-16(11-21)10-15-8-5-7-14(2)19(15)23-20/h5,7-8,10,13,17H,3-4,6,9,12H2,1-2H3,(H,22,24). The van der Waals surface area contributed by atoms with E-state index in [4.69, 9.17) is 0 Å². The van der Waals surface area contributed by atoms with Gasteiger partial charge in [-0.3, -0.25) is 4.79 Å². The van der Waals surface area contributed by atoms with Gasteiger partial charge in [-0.2, -0.15) is 5.26 Å². The molecule has 0 aliphatic heterocycles. The highest BCUT2D eigenvalue weighted by atomic mass is 32.2. The van der Waals surface area contributed by atoms with Gasteiger partial charge in [0.15, 0.2) is 0 Å². The van der Waals surface area contributed by atoms with Crippen LogP contribution < -0.4 is 5.32 Å². The molecule has 1 heterocycles. The highest BCUT2D eigenvalue weighted by Gasteiger charge is 2.23. The lowest BCUT2D eigenvalue weighted by Crippen LogP contribution is -2.41. The van der Waals surface area contributed by atoms with Crippen molar-refractivity contribution in [2.75, 3.05) is 5.75 Å². The summed E-state index contributed by atoms with van der Waals surface area (Å²) in [5, 5.41) is 14.2. The molecule has 1 aromatic carbocycles. The number of hydrogen-bond donors (Lipinski definition) is 1. The summed E-state index contributed by atoms with van der Waals surface area (Å²) in [7, 11) is 0. The molecule has 1 fully saturated rings. The Morgan fingerprint density at radius 3 is 2.96 bits per heavy atom. The van der Waals surface area contributed by atoms with Gasteiger partial charge in [-0.15, -0.1) is 0 Å². The molecule has 25 heavy (non-hydrogen) atoms. The van der Waals surface area contributed by atoms with Gasteiger partial charge in [0.05, 0.1) is 16.8 Å². The maximum atomic E-state index is 12.3. The molecule has 0 radical (unpaired) electrons. The van der Waals surface area contributed by atoms with Gasteiger partial charge < -0.3 is 5.32 Å². The summed E-state index contributed by atoms with van der Waals surface area (Å²) >= 11 is 1.35. The van der Waals surface area contributed by atoms with Gasteiger partial charge in [0.1, 0.15) is 11.1 Å². The number of pyridine rings is 1. The number of aromatic nitrogens is 1. The Balaban J connectivity index is 1.71. The highest BCUT2D eigenvalue weighted by molar-refractivity contribution is 8.00. The fourth-order valence-corrected chi connectivity index (χ4v) is 4.20. The molecule has 2 aromatic rings. The number of amides is 1. The summed E-state index contributed by atoms with van der Waals surface area (Å²) in [4.78, 5) is 17.0. The van der Waals surface area contributed by atoms with Crippen molar-refractivity contribution < 1.29 is 4.79 Å². The zero-order valence-electron chi connectivity index (χ0n) is 14.7. The van der Waals surface area contributed by atoms with Crippen LogP contribution in [-0.2, 0) is 4.79 Å². The first-order chi connectivity index (χ1) is 12.1. The van der Waals surface area contributed by atoms with E-state index >= 15 is 0 Å². The molecule has 2 atom stereocenters. The summed E-state index contributed by atoms with van der Waals surface area (Å²) < 4.78 is 0. The van der Waals surface area contributed by atoms with Crippen LogP contribution in [0.25, 0.3) is 10.9 Å². The zero-order valence-corrected chi connectivity index (χ0v) is 15.5. The number of benzene rings is 1. The summed E-state index contributed by atoms with van der Waals surface area (Å²) in [6.07, 6.45) is 4.69. The van der Waals surface area contributed by atoms with E-state index in [1.807, 2.05) is 31.2 Å². The number of rotatable bonds is 4. The van der Waals surface area contributed by atoms with Gasteiger partial charge in [-0.1, -0.05) is 49.7 Å². The van der Waals surface area contributed by atoms with Gasteiger partial charge in [-0.05, 0) is 37.3 Å². The van der Waals surface area contributed by atoms with E-state index in [9.17, 15) is 10.1 Å². The van der Waals surface area contributed by atoms with Gasteiger partial charge in [0, 0.05) is 11.4 Å². The third-order valence-corrected chi connectivity index (χ3v) is 5.92. The Morgan fingerprint density at radius 2 is 2.20 bits per heavy atom. The van der Waals surface area contributed by atoms with E-state index in [2.05, 4.69) is 23.3 Å². The Kier molecular flexibility index (Phi) is 5.60. The van der Waals surface area contributed by atoms with Gasteiger partial charge in [0.25, 0.3) is 0 Å². The normalized spacial score (nSPS) is 20.2. The second-order valence-corrected chi connectivity index (χ2v) is 7.79. The molecule has 0 spiro atoms. The van der Waals surface area contributed by atoms with E-state index in [-0.39, 0.29) is 11.9 Å². The topological polar surface area (TPSA) is 65.8 Å².